The number of thioether (sulfide) groups is 1. The minimum Gasteiger partial charge on any atom is -0.486 e. The van der Waals surface area contributed by atoms with Crippen LogP contribution in [0.5, 0.6) is 5.75 Å². The Morgan fingerprint density at radius 2 is 2.33 bits per heavy atom. The lowest BCUT2D eigenvalue weighted by atomic mass is 10.1. The average molecular weight is 261 g/mol. The molecule has 0 aliphatic carbocycles. The molecule has 0 amide bonds. The average Bonchev–Trinajstić information content (AvgIpc) is 2.83. The summed E-state index contributed by atoms with van der Waals surface area (Å²) in [7, 11) is 1.95. The second-order valence-electron chi connectivity index (χ2n) is 4.34. The molecule has 94 valence electrons. The number of hydrogen-bond acceptors (Lipinski definition) is 4. The van der Waals surface area contributed by atoms with Crippen LogP contribution in [0.4, 0.5) is 0 Å². The molecule has 2 unspecified atom stereocenters. The maximum absolute atomic E-state index is 6.25. The van der Waals surface area contributed by atoms with Crippen molar-refractivity contribution in [2.75, 3.05) is 5.75 Å². The quantitative estimate of drug-likeness (QED) is 0.898. The molecule has 0 spiro atoms. The Hall–Kier alpha value is -1.46. The van der Waals surface area contributed by atoms with Gasteiger partial charge in [-0.25, -0.2) is 4.98 Å². The highest BCUT2D eigenvalue weighted by molar-refractivity contribution is 7.99. The van der Waals surface area contributed by atoms with E-state index in [1.807, 2.05) is 36.0 Å². The van der Waals surface area contributed by atoms with E-state index in [1.165, 1.54) is 4.90 Å². The van der Waals surface area contributed by atoms with Gasteiger partial charge in [-0.1, -0.05) is 12.1 Å². The molecule has 0 radical (unpaired) electrons. The molecule has 0 saturated carbocycles. The van der Waals surface area contributed by atoms with E-state index in [-0.39, 0.29) is 12.1 Å². The highest BCUT2D eigenvalue weighted by atomic mass is 32.2. The second-order valence-corrected chi connectivity index (χ2v) is 5.40. The van der Waals surface area contributed by atoms with Crippen LogP contribution in [0.15, 0.2) is 41.6 Å². The van der Waals surface area contributed by atoms with Crippen LogP contribution in [0.25, 0.3) is 0 Å². The molecule has 2 N–H and O–H groups in total. The van der Waals surface area contributed by atoms with Gasteiger partial charge in [-0.3, -0.25) is 0 Å². The maximum Gasteiger partial charge on any atom is 0.133 e. The normalized spacial score (nSPS) is 20.0. The van der Waals surface area contributed by atoms with Gasteiger partial charge in [-0.2, -0.15) is 0 Å². The van der Waals surface area contributed by atoms with Gasteiger partial charge in [0.05, 0.1) is 0 Å². The van der Waals surface area contributed by atoms with Crippen molar-refractivity contribution in [2.45, 2.75) is 17.0 Å². The highest BCUT2D eigenvalue weighted by Crippen LogP contribution is 2.37. The molecule has 0 fully saturated rings. The van der Waals surface area contributed by atoms with Crippen molar-refractivity contribution in [3.8, 4) is 5.75 Å². The molecule has 5 heteroatoms. The molecule has 2 atom stereocenters. The highest BCUT2D eigenvalue weighted by Gasteiger charge is 2.28. The molecular weight excluding hydrogens is 246 g/mol. The molecular formula is C13H15N3OS. The first kappa shape index (κ1) is 11.6. The number of aromatic nitrogens is 2. The lowest BCUT2D eigenvalue weighted by Gasteiger charge is -2.29. The van der Waals surface area contributed by atoms with E-state index in [4.69, 9.17) is 10.5 Å². The van der Waals surface area contributed by atoms with Crippen LogP contribution in [0.2, 0.25) is 0 Å². The Morgan fingerprint density at radius 3 is 3.11 bits per heavy atom. The predicted octanol–water partition coefficient (Wildman–Crippen LogP) is 1.97. The fourth-order valence-electron chi connectivity index (χ4n) is 2.08. The number of imidazole rings is 1. The number of para-hydroxylation sites is 1. The van der Waals surface area contributed by atoms with E-state index in [1.54, 1.807) is 18.0 Å². The van der Waals surface area contributed by atoms with Crippen molar-refractivity contribution in [3.05, 3.63) is 42.5 Å². The molecule has 2 aromatic rings. The van der Waals surface area contributed by atoms with Crippen molar-refractivity contribution in [2.24, 2.45) is 12.8 Å². The minimum atomic E-state index is -0.203. The summed E-state index contributed by atoms with van der Waals surface area (Å²) in [4.78, 5) is 5.48. The van der Waals surface area contributed by atoms with Gasteiger partial charge in [0.2, 0.25) is 0 Å². The summed E-state index contributed by atoms with van der Waals surface area (Å²) >= 11 is 1.79. The van der Waals surface area contributed by atoms with Crippen LogP contribution in [-0.4, -0.2) is 21.4 Å². The van der Waals surface area contributed by atoms with Crippen LogP contribution in [0.3, 0.4) is 0 Å². The molecule has 1 aromatic heterocycles. The molecule has 2 heterocycles. The predicted molar refractivity (Wildman–Crippen MR) is 71.7 cm³/mol. The number of nitrogens with two attached hydrogens (primary N) is 1. The van der Waals surface area contributed by atoms with E-state index in [0.29, 0.717) is 0 Å². The van der Waals surface area contributed by atoms with Crippen molar-refractivity contribution in [1.29, 1.82) is 0 Å². The fraction of sp³-hybridized carbons (Fsp3) is 0.308. The molecule has 4 nitrogen and oxygen atoms in total. The zero-order chi connectivity index (χ0) is 12.5. The third-order valence-corrected chi connectivity index (χ3v) is 4.23. The van der Waals surface area contributed by atoms with Gasteiger partial charge in [0.15, 0.2) is 0 Å². The summed E-state index contributed by atoms with van der Waals surface area (Å²) in [5, 5.41) is 0. The van der Waals surface area contributed by atoms with Crippen LogP contribution in [-0.2, 0) is 7.05 Å². The largest absolute Gasteiger partial charge is 0.486 e. The third-order valence-electron chi connectivity index (χ3n) is 3.09. The SMILES string of the molecule is Cn1ccnc1C(N)C1CSc2ccccc2O1. The Labute approximate surface area is 110 Å². The maximum atomic E-state index is 6.25. The van der Waals surface area contributed by atoms with Crippen LogP contribution >= 0.6 is 11.8 Å². The van der Waals surface area contributed by atoms with E-state index in [9.17, 15) is 0 Å². The minimum absolute atomic E-state index is 0.0361. The molecule has 1 aliphatic rings. The zero-order valence-corrected chi connectivity index (χ0v) is 10.9. The Kier molecular flexibility index (Phi) is 3.01. The van der Waals surface area contributed by atoms with Gasteiger partial charge >= 0.3 is 0 Å². The van der Waals surface area contributed by atoms with Crippen molar-refractivity contribution in [3.63, 3.8) is 0 Å². The van der Waals surface area contributed by atoms with Crippen LogP contribution in [0.1, 0.15) is 11.9 Å². The number of hydrogen-bond donors (Lipinski definition) is 1. The van der Waals surface area contributed by atoms with Crippen LogP contribution in [0, 0.1) is 0 Å². The van der Waals surface area contributed by atoms with Crippen molar-refractivity contribution >= 4 is 11.8 Å². The van der Waals surface area contributed by atoms with Gasteiger partial charge in [0.1, 0.15) is 23.7 Å². The van der Waals surface area contributed by atoms with E-state index < -0.39 is 0 Å². The van der Waals surface area contributed by atoms with Gasteiger partial charge in [-0.15, -0.1) is 11.8 Å². The molecule has 18 heavy (non-hydrogen) atoms. The molecule has 1 aliphatic heterocycles. The summed E-state index contributed by atoms with van der Waals surface area (Å²) in [6.45, 7) is 0. The Morgan fingerprint density at radius 1 is 1.50 bits per heavy atom. The fourth-order valence-corrected chi connectivity index (χ4v) is 3.13. The van der Waals surface area contributed by atoms with Crippen molar-refractivity contribution < 1.29 is 4.74 Å². The first-order chi connectivity index (χ1) is 8.75. The monoisotopic (exact) mass is 261 g/mol. The lowest BCUT2D eigenvalue weighted by molar-refractivity contribution is 0.180. The van der Waals surface area contributed by atoms with E-state index in [2.05, 4.69) is 11.1 Å². The van der Waals surface area contributed by atoms with E-state index in [0.717, 1.165) is 17.3 Å². The summed E-state index contributed by atoms with van der Waals surface area (Å²) in [6.07, 6.45) is 3.63. The Balaban J connectivity index is 1.82. The summed E-state index contributed by atoms with van der Waals surface area (Å²) in [5.74, 6) is 2.63. The number of rotatable bonds is 2. The molecule has 3 rings (SSSR count). The Bertz CT molecular complexity index is 555. The van der Waals surface area contributed by atoms with Crippen LogP contribution < -0.4 is 10.5 Å². The lowest BCUT2D eigenvalue weighted by Crippen LogP contribution is -2.36. The summed E-state index contributed by atoms with van der Waals surface area (Å²) < 4.78 is 7.92. The molecule has 0 bridgehead atoms. The topological polar surface area (TPSA) is 53.1 Å². The number of aryl methyl sites for hydroxylation is 1. The zero-order valence-electron chi connectivity index (χ0n) is 10.1. The van der Waals surface area contributed by atoms with Gasteiger partial charge in [0, 0.05) is 30.1 Å². The number of ether oxygens (including phenoxy) is 1. The summed E-state index contributed by atoms with van der Waals surface area (Å²) in [5.41, 5.74) is 6.25. The molecule has 0 saturated heterocycles. The second kappa shape index (κ2) is 4.66. The van der Waals surface area contributed by atoms with Gasteiger partial charge in [0.25, 0.3) is 0 Å². The first-order valence-corrected chi connectivity index (χ1v) is 6.85. The van der Waals surface area contributed by atoms with Gasteiger partial charge < -0.3 is 15.0 Å². The third kappa shape index (κ3) is 2.00. The van der Waals surface area contributed by atoms with E-state index >= 15 is 0 Å². The standard InChI is InChI=1S/C13H15N3OS/c1-16-7-6-15-13(16)12(14)10-8-18-11-5-3-2-4-9(11)17-10/h2-7,10,12H,8,14H2,1H3. The number of fused-ring (bicyclic) bond motifs is 1. The number of nitrogens with zero attached hydrogens (tertiary/aromatic N) is 2. The summed E-state index contributed by atoms with van der Waals surface area (Å²) in [6, 6.07) is 7.86. The first-order valence-electron chi connectivity index (χ1n) is 5.87. The number of benzene rings is 1. The smallest absolute Gasteiger partial charge is 0.133 e. The molecule has 1 aromatic carbocycles. The van der Waals surface area contributed by atoms with Crippen molar-refractivity contribution in [1.82, 2.24) is 9.55 Å². The van der Waals surface area contributed by atoms with Gasteiger partial charge in [-0.05, 0) is 12.1 Å².